The van der Waals surface area contributed by atoms with Crippen molar-refractivity contribution in [2.45, 2.75) is 43.4 Å². The Kier molecular flexibility index (Phi) is 7.18. The average molecular weight is 423 g/mol. The van der Waals surface area contributed by atoms with Crippen molar-refractivity contribution in [1.29, 1.82) is 0 Å². The van der Waals surface area contributed by atoms with Gasteiger partial charge in [0.05, 0.1) is 5.75 Å². The fraction of sp³-hybridized carbons (Fsp3) is 0.474. The summed E-state index contributed by atoms with van der Waals surface area (Å²) in [6, 6.07) is 3.34. The maximum absolute atomic E-state index is 13.6. The number of carbonyl (C=O) groups excluding carboxylic acids is 2. The number of carbonyl (C=O) groups is 2. The quantitative estimate of drug-likeness (QED) is 0.667. The first-order valence-electron chi connectivity index (χ1n) is 9.40. The highest BCUT2D eigenvalue weighted by Gasteiger charge is 2.27. The van der Waals surface area contributed by atoms with Gasteiger partial charge in [0.25, 0.3) is 0 Å². The lowest BCUT2D eigenvalue weighted by atomic mass is 9.85. The second-order valence-corrected chi connectivity index (χ2v) is 8.03. The Hall–Kier alpha value is -2.49. The second-order valence-electron chi connectivity index (χ2n) is 7.08. The third-order valence-electron chi connectivity index (χ3n) is 4.93. The van der Waals surface area contributed by atoms with Crippen LogP contribution in [0, 0.1) is 17.6 Å². The number of thioether (sulfide) groups is 1. The molecule has 1 heterocycles. The molecule has 0 atom stereocenters. The molecule has 1 aliphatic carbocycles. The Morgan fingerprint density at radius 1 is 1.24 bits per heavy atom. The van der Waals surface area contributed by atoms with Crippen LogP contribution in [-0.4, -0.2) is 38.4 Å². The van der Waals surface area contributed by atoms with E-state index < -0.39 is 11.6 Å². The molecule has 2 amide bonds. The highest BCUT2D eigenvalue weighted by molar-refractivity contribution is 7.99. The maximum atomic E-state index is 13.6. The van der Waals surface area contributed by atoms with Crippen molar-refractivity contribution in [3.63, 3.8) is 0 Å². The van der Waals surface area contributed by atoms with Gasteiger partial charge in [-0.2, -0.15) is 0 Å². The number of aryl methyl sites for hydroxylation is 1. The van der Waals surface area contributed by atoms with E-state index in [1.807, 2.05) is 7.05 Å². The molecule has 1 fully saturated rings. The van der Waals surface area contributed by atoms with Crippen molar-refractivity contribution >= 4 is 23.6 Å². The largest absolute Gasteiger partial charge is 0.353 e. The Labute approximate surface area is 171 Å². The minimum absolute atomic E-state index is 0.0287. The number of benzene rings is 1. The van der Waals surface area contributed by atoms with Crippen molar-refractivity contribution in [2.24, 2.45) is 13.0 Å². The first kappa shape index (κ1) is 21.2. The van der Waals surface area contributed by atoms with Crippen LogP contribution in [0.3, 0.4) is 0 Å². The number of halogens is 2. The molecule has 0 spiro atoms. The Morgan fingerprint density at radius 2 is 2.00 bits per heavy atom. The predicted molar refractivity (Wildman–Crippen MR) is 104 cm³/mol. The molecule has 1 saturated carbocycles. The SMILES string of the molecule is Cn1cnnc1SCC(=O)NC1CCC(C(=O)NCc2ccc(F)cc2F)CC1. The van der Waals surface area contributed by atoms with Crippen LogP contribution in [0.15, 0.2) is 29.7 Å². The van der Waals surface area contributed by atoms with Gasteiger partial charge in [-0.05, 0) is 31.7 Å². The lowest BCUT2D eigenvalue weighted by Crippen LogP contribution is -2.41. The van der Waals surface area contributed by atoms with E-state index in [0.717, 1.165) is 6.07 Å². The zero-order valence-electron chi connectivity index (χ0n) is 16.0. The van der Waals surface area contributed by atoms with E-state index in [-0.39, 0.29) is 41.6 Å². The number of amides is 2. The second kappa shape index (κ2) is 9.82. The standard InChI is InChI=1S/C19H23F2N5O2S/c1-26-11-23-25-19(26)29-10-17(27)24-15-6-3-12(4-7-15)18(28)22-9-13-2-5-14(20)8-16(13)21/h2,5,8,11-12,15H,3-4,6-7,9-10H2,1H3,(H,22,28)(H,24,27). The first-order valence-corrected chi connectivity index (χ1v) is 10.4. The van der Waals surface area contributed by atoms with Gasteiger partial charge >= 0.3 is 0 Å². The summed E-state index contributed by atoms with van der Waals surface area (Å²) >= 11 is 1.32. The van der Waals surface area contributed by atoms with Gasteiger partial charge < -0.3 is 15.2 Å². The molecule has 3 rings (SSSR count). The third kappa shape index (κ3) is 5.99. The molecule has 0 bridgehead atoms. The van der Waals surface area contributed by atoms with Crippen LogP contribution in [0.5, 0.6) is 0 Å². The molecule has 7 nitrogen and oxygen atoms in total. The minimum atomic E-state index is -0.670. The smallest absolute Gasteiger partial charge is 0.230 e. The molecule has 0 unspecified atom stereocenters. The Bertz CT molecular complexity index is 868. The van der Waals surface area contributed by atoms with E-state index in [0.29, 0.717) is 30.8 Å². The summed E-state index contributed by atoms with van der Waals surface area (Å²) in [7, 11) is 1.82. The fourth-order valence-corrected chi connectivity index (χ4v) is 3.99. The van der Waals surface area contributed by atoms with Gasteiger partial charge in [-0.3, -0.25) is 9.59 Å². The summed E-state index contributed by atoms with van der Waals surface area (Å²) in [5.41, 5.74) is 0.251. The number of hydrogen-bond donors (Lipinski definition) is 2. The van der Waals surface area contributed by atoms with E-state index in [1.165, 1.54) is 23.9 Å². The van der Waals surface area contributed by atoms with E-state index in [4.69, 9.17) is 0 Å². The molecule has 0 saturated heterocycles. The van der Waals surface area contributed by atoms with Crippen LogP contribution < -0.4 is 10.6 Å². The summed E-state index contributed by atoms with van der Waals surface area (Å²) in [6.07, 6.45) is 4.31. The highest BCUT2D eigenvalue weighted by Crippen LogP contribution is 2.25. The molecule has 1 aromatic heterocycles. The van der Waals surface area contributed by atoms with Gasteiger partial charge in [-0.1, -0.05) is 17.8 Å². The zero-order valence-corrected chi connectivity index (χ0v) is 16.8. The fourth-order valence-electron chi connectivity index (χ4n) is 3.29. The molecule has 0 aliphatic heterocycles. The van der Waals surface area contributed by atoms with Crippen LogP contribution in [0.2, 0.25) is 0 Å². The molecule has 2 N–H and O–H groups in total. The normalized spacial score (nSPS) is 19.0. The number of rotatable bonds is 7. The van der Waals surface area contributed by atoms with Crippen LogP contribution in [-0.2, 0) is 23.2 Å². The Morgan fingerprint density at radius 3 is 2.66 bits per heavy atom. The number of hydrogen-bond acceptors (Lipinski definition) is 5. The first-order chi connectivity index (χ1) is 13.9. The summed E-state index contributed by atoms with van der Waals surface area (Å²) in [5, 5.41) is 14.1. The minimum Gasteiger partial charge on any atom is -0.353 e. The highest BCUT2D eigenvalue weighted by atomic mass is 32.2. The zero-order chi connectivity index (χ0) is 20.8. The van der Waals surface area contributed by atoms with Crippen molar-refractivity contribution in [1.82, 2.24) is 25.4 Å². The third-order valence-corrected chi connectivity index (χ3v) is 5.97. The van der Waals surface area contributed by atoms with E-state index in [2.05, 4.69) is 20.8 Å². The summed E-state index contributed by atoms with van der Waals surface area (Å²) in [6.45, 7) is 0.0287. The van der Waals surface area contributed by atoms with Gasteiger partial charge in [-0.25, -0.2) is 8.78 Å². The number of nitrogens with zero attached hydrogens (tertiary/aromatic N) is 3. The van der Waals surface area contributed by atoms with Crippen molar-refractivity contribution in [3.8, 4) is 0 Å². The van der Waals surface area contributed by atoms with E-state index >= 15 is 0 Å². The van der Waals surface area contributed by atoms with Gasteiger partial charge in [0, 0.05) is 37.2 Å². The molecule has 156 valence electrons. The van der Waals surface area contributed by atoms with Crippen molar-refractivity contribution in [3.05, 3.63) is 41.7 Å². The monoisotopic (exact) mass is 423 g/mol. The maximum Gasteiger partial charge on any atom is 0.230 e. The lowest BCUT2D eigenvalue weighted by Gasteiger charge is -2.28. The molecule has 2 aromatic rings. The predicted octanol–water partition coefficient (Wildman–Crippen LogP) is 2.18. The molecule has 1 aliphatic rings. The topological polar surface area (TPSA) is 88.9 Å². The Balaban J connectivity index is 1.37. The van der Waals surface area contributed by atoms with Gasteiger partial charge in [0.1, 0.15) is 18.0 Å². The summed E-state index contributed by atoms with van der Waals surface area (Å²) < 4.78 is 28.3. The van der Waals surface area contributed by atoms with Crippen LogP contribution in [0.25, 0.3) is 0 Å². The molecule has 10 heteroatoms. The molecule has 0 radical (unpaired) electrons. The van der Waals surface area contributed by atoms with Crippen LogP contribution in [0.1, 0.15) is 31.2 Å². The summed E-state index contributed by atoms with van der Waals surface area (Å²) in [4.78, 5) is 24.4. The van der Waals surface area contributed by atoms with Crippen molar-refractivity contribution in [2.75, 3.05) is 5.75 Å². The van der Waals surface area contributed by atoms with Crippen LogP contribution in [0.4, 0.5) is 8.78 Å². The lowest BCUT2D eigenvalue weighted by molar-refractivity contribution is -0.126. The van der Waals surface area contributed by atoms with Gasteiger partial charge in [0.15, 0.2) is 5.16 Å². The molecule has 1 aromatic carbocycles. The van der Waals surface area contributed by atoms with Crippen molar-refractivity contribution < 1.29 is 18.4 Å². The summed E-state index contributed by atoms with van der Waals surface area (Å²) in [5.74, 6) is -1.44. The van der Waals surface area contributed by atoms with E-state index in [1.54, 1.807) is 10.9 Å². The van der Waals surface area contributed by atoms with Gasteiger partial charge in [-0.15, -0.1) is 10.2 Å². The van der Waals surface area contributed by atoms with Gasteiger partial charge in [0.2, 0.25) is 11.8 Å². The molecular weight excluding hydrogens is 400 g/mol. The molecular formula is C19H23F2N5O2S. The average Bonchev–Trinajstić information content (AvgIpc) is 3.11. The molecule has 29 heavy (non-hydrogen) atoms. The van der Waals surface area contributed by atoms with Crippen LogP contribution >= 0.6 is 11.8 Å². The number of aromatic nitrogens is 3. The number of nitrogens with one attached hydrogen (secondary N) is 2. The van der Waals surface area contributed by atoms with E-state index in [9.17, 15) is 18.4 Å².